The van der Waals surface area contributed by atoms with Crippen molar-refractivity contribution in [2.45, 2.75) is 0 Å². The van der Waals surface area contributed by atoms with Gasteiger partial charge in [-0.1, -0.05) is 0 Å². The van der Waals surface area contributed by atoms with Crippen molar-refractivity contribution in [3.63, 3.8) is 0 Å². The molecule has 0 saturated heterocycles. The van der Waals surface area contributed by atoms with Crippen LogP contribution in [-0.2, 0) is 45.1 Å². The van der Waals surface area contributed by atoms with Gasteiger partial charge in [-0.25, -0.2) is 0 Å². The molecule has 2 radical (unpaired) electrons. The summed E-state index contributed by atoms with van der Waals surface area (Å²) >= 11 is 0. The molecule has 4 heavy (non-hydrogen) atoms. The molecule has 0 fully saturated rings. The Balaban J connectivity index is 0. The van der Waals surface area contributed by atoms with Crippen molar-refractivity contribution in [1.82, 2.24) is 0 Å². The molecule has 0 rings (SSSR count). The molecule has 4 heteroatoms. The first-order valence-corrected chi connectivity index (χ1v) is 0. The second-order valence-electron chi connectivity index (χ2n) is 0. The van der Waals surface area contributed by atoms with Crippen molar-refractivity contribution < 1.29 is 45.1 Å². The minimum Gasteiger partial charge on any atom is -2.00 e. The van der Waals surface area contributed by atoms with Gasteiger partial charge in [0, 0.05) is 17.1 Å². The summed E-state index contributed by atoms with van der Waals surface area (Å²) in [4.78, 5) is 0. The molecule has 0 aliphatic rings. The third kappa shape index (κ3) is 12.3. The van der Waals surface area contributed by atoms with Crippen LogP contribution in [0.2, 0.25) is 0 Å². The van der Waals surface area contributed by atoms with Gasteiger partial charge in [0.15, 0.2) is 0 Å². The van der Waals surface area contributed by atoms with Gasteiger partial charge < -0.3 is 11.0 Å². The first-order valence-electron chi connectivity index (χ1n) is 0. The van der Waals surface area contributed by atoms with Crippen LogP contribution in [0.4, 0.5) is 0 Å². The summed E-state index contributed by atoms with van der Waals surface area (Å²) in [5.41, 5.74) is 0. The predicted molar refractivity (Wildman–Crippen MR) is 1.37 cm³/mol. The smallest absolute Gasteiger partial charge is 2.00 e. The first-order chi connectivity index (χ1) is 0. The van der Waals surface area contributed by atoms with E-state index in [1.54, 1.807) is 0 Å². The van der Waals surface area contributed by atoms with Crippen LogP contribution in [-0.4, -0.2) is 0 Å². The summed E-state index contributed by atoms with van der Waals surface area (Å²) in [5, 5.41) is 0. The zero-order chi connectivity index (χ0) is 0. The van der Waals surface area contributed by atoms with Gasteiger partial charge in [0.2, 0.25) is 0 Å². The maximum Gasteiger partial charge on any atom is 3.00 e. The Labute approximate surface area is 45.5 Å². The van der Waals surface area contributed by atoms with E-state index >= 15 is 0 Å². The van der Waals surface area contributed by atoms with Gasteiger partial charge in [-0.3, -0.25) is 0 Å². The molecule has 2 nitrogen and oxygen atoms in total. The second kappa shape index (κ2) is 37.7. The van der Waals surface area contributed by atoms with Crippen molar-refractivity contribution in [2.24, 2.45) is 0 Å². The fraction of sp³-hybridized carbons (Fsp3) is 0. The van der Waals surface area contributed by atoms with E-state index in [1.165, 1.54) is 0 Å². The Morgan fingerprint density at radius 1 is 0.750 bits per heavy atom. The molecule has 0 bridgehead atoms. The SMILES string of the molecule is [Fe+3].[Mn].[O-2].[O-2]. The molecule has 0 aromatic carbocycles. The molecule has 0 N–H and O–H groups in total. The van der Waals surface area contributed by atoms with E-state index in [-0.39, 0.29) is 45.1 Å². The third-order valence-electron chi connectivity index (χ3n) is 0. The van der Waals surface area contributed by atoms with Crippen molar-refractivity contribution in [2.75, 3.05) is 0 Å². The summed E-state index contributed by atoms with van der Waals surface area (Å²) in [6.07, 6.45) is 0. The molecule has 0 heterocycles. The van der Waals surface area contributed by atoms with Crippen LogP contribution in [0.5, 0.6) is 0 Å². The molecular weight excluding hydrogens is 143 g/mol. The van der Waals surface area contributed by atoms with Gasteiger partial charge in [-0.05, 0) is 0 Å². The first kappa shape index (κ1) is 84.5. The van der Waals surface area contributed by atoms with E-state index in [1.807, 2.05) is 0 Å². The van der Waals surface area contributed by atoms with Gasteiger partial charge >= 0.3 is 17.1 Å². The van der Waals surface area contributed by atoms with Gasteiger partial charge in [-0.15, -0.1) is 0 Å². The Kier molecular flexibility index (Phi) is 796. The van der Waals surface area contributed by atoms with Crippen LogP contribution >= 0.6 is 0 Å². The van der Waals surface area contributed by atoms with Gasteiger partial charge in [0.05, 0.1) is 0 Å². The third-order valence-corrected chi connectivity index (χ3v) is 0. The maximum atomic E-state index is 0. The molecule has 28 valence electrons. The predicted octanol–water partition coefficient (Wildman–Crippen LogP) is -0.243. The quantitative estimate of drug-likeness (QED) is 0.420. The average Bonchev–Trinajstić information content (AvgIpc) is 0. The zero-order valence-electron chi connectivity index (χ0n) is 1.55. The monoisotopic (exact) mass is 143 g/mol. The molecule has 0 aromatic heterocycles. The van der Waals surface area contributed by atoms with E-state index in [2.05, 4.69) is 0 Å². The van der Waals surface area contributed by atoms with Gasteiger partial charge in [-0.2, -0.15) is 0 Å². The van der Waals surface area contributed by atoms with Gasteiger partial charge in [0.1, 0.15) is 0 Å². The van der Waals surface area contributed by atoms with Crippen LogP contribution < -0.4 is 0 Å². The maximum absolute atomic E-state index is 0. The normalized spacial score (nSPS) is 0. The summed E-state index contributed by atoms with van der Waals surface area (Å²) in [7, 11) is 0. The fourth-order valence-corrected chi connectivity index (χ4v) is 0. The van der Waals surface area contributed by atoms with Crippen LogP contribution in [0.15, 0.2) is 0 Å². The summed E-state index contributed by atoms with van der Waals surface area (Å²) in [6, 6.07) is 0. The summed E-state index contributed by atoms with van der Waals surface area (Å²) < 4.78 is 0. The molecule has 0 aliphatic carbocycles. The Bertz CT molecular complexity index is 6.00. The van der Waals surface area contributed by atoms with Crippen molar-refractivity contribution in [3.8, 4) is 0 Å². The molecular formula is FeMnO2-. The van der Waals surface area contributed by atoms with E-state index in [9.17, 15) is 0 Å². The topological polar surface area (TPSA) is 57.0 Å². The Hall–Kier alpha value is 0.959. The number of hydrogen-bond acceptors (Lipinski definition) is 0. The molecule has 0 spiro atoms. The van der Waals surface area contributed by atoms with Gasteiger partial charge in [0.25, 0.3) is 0 Å². The number of rotatable bonds is 0. The largest absolute Gasteiger partial charge is 3.00 e. The molecule has 0 aromatic rings. The Morgan fingerprint density at radius 2 is 0.750 bits per heavy atom. The van der Waals surface area contributed by atoms with Crippen molar-refractivity contribution in [1.29, 1.82) is 0 Å². The van der Waals surface area contributed by atoms with Crippen molar-refractivity contribution in [3.05, 3.63) is 0 Å². The fourth-order valence-electron chi connectivity index (χ4n) is 0. The summed E-state index contributed by atoms with van der Waals surface area (Å²) in [6.45, 7) is 0. The van der Waals surface area contributed by atoms with Crippen LogP contribution in [0.25, 0.3) is 0 Å². The van der Waals surface area contributed by atoms with E-state index in [0.29, 0.717) is 0 Å². The molecule has 0 amide bonds. The molecule has 0 unspecified atom stereocenters. The van der Waals surface area contributed by atoms with E-state index in [4.69, 9.17) is 0 Å². The second-order valence-corrected chi connectivity index (χ2v) is 0. The van der Waals surface area contributed by atoms with Crippen LogP contribution in [0.3, 0.4) is 0 Å². The standard InChI is InChI=1S/Fe.Mn.2O/q+3;;2*-2. The van der Waals surface area contributed by atoms with Crippen LogP contribution in [0, 0.1) is 0 Å². The average molecular weight is 143 g/mol. The molecule has 0 aliphatic heterocycles. The van der Waals surface area contributed by atoms with E-state index in [0.717, 1.165) is 0 Å². The van der Waals surface area contributed by atoms with Crippen LogP contribution in [0.1, 0.15) is 0 Å². The minimum absolute atomic E-state index is 0. The minimum atomic E-state index is 0. The van der Waals surface area contributed by atoms with Crippen molar-refractivity contribution >= 4 is 0 Å². The summed E-state index contributed by atoms with van der Waals surface area (Å²) in [5.74, 6) is 0. The number of hydrogen-bond donors (Lipinski definition) is 0. The molecule has 0 atom stereocenters. The molecule has 0 saturated carbocycles. The zero-order valence-corrected chi connectivity index (χ0v) is 3.83. The Morgan fingerprint density at radius 3 is 0.750 bits per heavy atom. The van der Waals surface area contributed by atoms with E-state index < -0.39 is 0 Å².